The minimum atomic E-state index is -3.42. The summed E-state index contributed by atoms with van der Waals surface area (Å²) in [5, 5.41) is 0.375. The summed E-state index contributed by atoms with van der Waals surface area (Å²) in [6.45, 7) is -0.183. The molecule has 1 fully saturated rings. The Labute approximate surface area is 141 Å². The maximum absolute atomic E-state index is 13.3. The molecule has 0 bridgehead atoms. The zero-order chi connectivity index (χ0) is 17.5. The average molecular weight is 372 g/mol. The lowest BCUT2D eigenvalue weighted by atomic mass is 10.1. The predicted octanol–water partition coefficient (Wildman–Crippen LogP) is 2.27. The van der Waals surface area contributed by atoms with Crippen LogP contribution in [0.5, 0.6) is 0 Å². The number of thiazole rings is 1. The molecular formula is C15H14F2N2O3S2. The van der Waals surface area contributed by atoms with Crippen LogP contribution in [-0.2, 0) is 9.84 Å². The summed E-state index contributed by atoms with van der Waals surface area (Å²) in [6.07, 6.45) is -0.706. The summed E-state index contributed by atoms with van der Waals surface area (Å²) in [7, 11) is -3.42. The van der Waals surface area contributed by atoms with Crippen LogP contribution in [0.3, 0.4) is 0 Å². The van der Waals surface area contributed by atoms with E-state index in [1.165, 1.54) is 35.4 Å². The molecule has 128 valence electrons. The van der Waals surface area contributed by atoms with Gasteiger partial charge in [-0.15, -0.1) is 0 Å². The van der Waals surface area contributed by atoms with E-state index in [0.717, 1.165) is 17.6 Å². The van der Waals surface area contributed by atoms with Crippen molar-refractivity contribution in [1.29, 1.82) is 0 Å². The van der Waals surface area contributed by atoms with Gasteiger partial charge in [0.05, 0.1) is 29.1 Å². The number of anilines is 1. The van der Waals surface area contributed by atoms with Crippen molar-refractivity contribution in [2.45, 2.75) is 17.2 Å². The highest BCUT2D eigenvalue weighted by molar-refractivity contribution is 7.90. The first-order valence-electron chi connectivity index (χ1n) is 7.09. The molecule has 0 amide bonds. The molecule has 24 heavy (non-hydrogen) atoms. The lowest BCUT2D eigenvalue weighted by Crippen LogP contribution is -2.19. The lowest BCUT2D eigenvalue weighted by molar-refractivity contribution is 0.104. The zero-order valence-corrected chi connectivity index (χ0v) is 14.3. The number of carbonyl (C=O) groups is 1. The van der Waals surface area contributed by atoms with E-state index in [0.29, 0.717) is 5.13 Å². The third kappa shape index (κ3) is 3.32. The van der Waals surface area contributed by atoms with Gasteiger partial charge >= 0.3 is 0 Å². The number of sulfone groups is 1. The molecule has 0 saturated carbocycles. The molecular weight excluding hydrogens is 358 g/mol. The van der Waals surface area contributed by atoms with Crippen LogP contribution in [0.1, 0.15) is 15.2 Å². The van der Waals surface area contributed by atoms with Gasteiger partial charge in [0.15, 0.2) is 27.3 Å². The molecule has 9 heteroatoms. The van der Waals surface area contributed by atoms with Crippen LogP contribution in [0.25, 0.3) is 0 Å². The van der Waals surface area contributed by atoms with Gasteiger partial charge in [-0.05, 0) is 12.1 Å². The molecule has 1 saturated heterocycles. The van der Waals surface area contributed by atoms with E-state index >= 15 is 0 Å². The number of hydrogen-bond acceptors (Lipinski definition) is 6. The van der Waals surface area contributed by atoms with Gasteiger partial charge < -0.3 is 4.90 Å². The highest BCUT2D eigenvalue weighted by Gasteiger charge is 2.34. The van der Waals surface area contributed by atoms with Gasteiger partial charge in [0, 0.05) is 11.8 Å². The smallest absolute Gasteiger partial charge is 0.204 e. The number of ketones is 1. The number of hydrogen-bond donors (Lipinski definition) is 0. The molecule has 0 unspecified atom stereocenters. The first-order chi connectivity index (χ1) is 11.3. The van der Waals surface area contributed by atoms with Gasteiger partial charge in [-0.25, -0.2) is 22.2 Å². The fourth-order valence-electron chi connectivity index (χ4n) is 2.41. The van der Waals surface area contributed by atoms with Gasteiger partial charge in [-0.2, -0.15) is 0 Å². The first-order valence-corrected chi connectivity index (χ1v) is 9.80. The van der Waals surface area contributed by atoms with Crippen LogP contribution >= 0.6 is 11.3 Å². The first kappa shape index (κ1) is 17.0. The second-order valence-corrected chi connectivity index (χ2v) is 8.60. The Morgan fingerprint density at radius 2 is 1.96 bits per heavy atom. The van der Waals surface area contributed by atoms with Crippen LogP contribution in [0.15, 0.2) is 35.4 Å². The summed E-state index contributed by atoms with van der Waals surface area (Å²) in [4.78, 5) is 18.3. The van der Waals surface area contributed by atoms with E-state index in [1.54, 1.807) is 0 Å². The monoisotopic (exact) mass is 372 g/mol. The number of halogens is 2. The van der Waals surface area contributed by atoms with Crippen molar-refractivity contribution in [1.82, 2.24) is 4.98 Å². The Hall–Kier alpha value is -1.87. The standard InChI is InChI=1S/C15H14F2N2O3S2/c1-24(21,22)10-4-2-3-9(5-10)14(20)13-6-18-15(23-13)19-7-11(16)12(17)8-19/h2-6,11-12H,7-8H2,1H3/t11-,12+. The molecule has 1 aromatic carbocycles. The van der Waals surface area contributed by atoms with Crippen molar-refractivity contribution in [3.8, 4) is 0 Å². The van der Waals surface area contributed by atoms with Crippen LogP contribution in [-0.4, -0.2) is 50.9 Å². The summed E-state index contributed by atoms with van der Waals surface area (Å²) in [5.74, 6) is -0.378. The Kier molecular flexibility index (Phi) is 4.39. The van der Waals surface area contributed by atoms with Gasteiger partial charge in [-0.3, -0.25) is 4.79 Å². The molecule has 5 nitrogen and oxygen atoms in total. The third-order valence-corrected chi connectivity index (χ3v) is 5.86. The fourth-order valence-corrected chi connectivity index (χ4v) is 3.97. The number of alkyl halides is 2. The minimum Gasteiger partial charge on any atom is -0.342 e. The quantitative estimate of drug-likeness (QED) is 0.771. The molecule has 1 aliphatic rings. The Morgan fingerprint density at radius 3 is 2.58 bits per heavy atom. The number of carbonyl (C=O) groups excluding carboxylic acids is 1. The highest BCUT2D eigenvalue weighted by atomic mass is 32.2. The van der Waals surface area contributed by atoms with Crippen molar-refractivity contribution < 1.29 is 22.0 Å². The van der Waals surface area contributed by atoms with Crippen molar-refractivity contribution in [3.05, 3.63) is 40.9 Å². The van der Waals surface area contributed by atoms with Crippen LogP contribution in [0.4, 0.5) is 13.9 Å². The molecule has 2 atom stereocenters. The van der Waals surface area contributed by atoms with Gasteiger partial charge in [0.1, 0.15) is 0 Å². The Balaban J connectivity index is 1.84. The van der Waals surface area contributed by atoms with Crippen molar-refractivity contribution in [3.63, 3.8) is 0 Å². The number of benzene rings is 1. The highest BCUT2D eigenvalue weighted by Crippen LogP contribution is 2.29. The summed E-state index contributed by atoms with van der Waals surface area (Å²) >= 11 is 1.03. The molecule has 2 heterocycles. The molecule has 0 spiro atoms. The lowest BCUT2D eigenvalue weighted by Gasteiger charge is -2.11. The maximum Gasteiger partial charge on any atom is 0.204 e. The Morgan fingerprint density at radius 1 is 1.29 bits per heavy atom. The number of aromatic nitrogens is 1. The summed E-state index contributed by atoms with van der Waals surface area (Å²) < 4.78 is 49.7. The fraction of sp³-hybridized carbons (Fsp3) is 0.333. The second-order valence-electron chi connectivity index (χ2n) is 5.57. The van der Waals surface area contributed by atoms with E-state index in [4.69, 9.17) is 0 Å². The number of nitrogens with zero attached hydrogens (tertiary/aromatic N) is 2. The average Bonchev–Trinajstić information content (AvgIpc) is 3.13. The zero-order valence-electron chi connectivity index (χ0n) is 12.6. The van der Waals surface area contributed by atoms with E-state index in [2.05, 4.69) is 4.98 Å². The molecule has 0 aliphatic carbocycles. The summed E-state index contributed by atoms with van der Waals surface area (Å²) in [6, 6.07) is 5.73. The SMILES string of the molecule is CS(=O)(=O)c1cccc(C(=O)c2cnc(N3C[C@@H](F)[C@@H](F)C3)s2)c1. The van der Waals surface area contributed by atoms with E-state index in [-0.39, 0.29) is 34.2 Å². The van der Waals surface area contributed by atoms with Crippen LogP contribution in [0.2, 0.25) is 0 Å². The van der Waals surface area contributed by atoms with E-state index < -0.39 is 22.2 Å². The van der Waals surface area contributed by atoms with Gasteiger partial charge in [-0.1, -0.05) is 23.5 Å². The molecule has 3 rings (SSSR count). The van der Waals surface area contributed by atoms with E-state index in [9.17, 15) is 22.0 Å². The molecule has 1 aromatic heterocycles. The molecule has 0 N–H and O–H groups in total. The molecule has 0 radical (unpaired) electrons. The van der Waals surface area contributed by atoms with Gasteiger partial charge in [0.25, 0.3) is 0 Å². The summed E-state index contributed by atoms with van der Waals surface area (Å²) in [5.41, 5.74) is 0.223. The largest absolute Gasteiger partial charge is 0.342 e. The second kappa shape index (κ2) is 6.21. The van der Waals surface area contributed by atoms with Crippen LogP contribution < -0.4 is 4.90 Å². The molecule has 1 aliphatic heterocycles. The third-order valence-electron chi connectivity index (χ3n) is 3.69. The predicted molar refractivity (Wildman–Crippen MR) is 87.1 cm³/mol. The van der Waals surface area contributed by atoms with Gasteiger partial charge in [0.2, 0.25) is 5.78 Å². The topological polar surface area (TPSA) is 67.3 Å². The normalized spacial score (nSPS) is 21.2. The number of rotatable bonds is 4. The van der Waals surface area contributed by atoms with Crippen LogP contribution in [0, 0.1) is 0 Å². The maximum atomic E-state index is 13.3. The minimum absolute atomic E-state index is 0.0539. The molecule has 2 aromatic rings. The van der Waals surface area contributed by atoms with Crippen molar-refractivity contribution >= 4 is 32.1 Å². The van der Waals surface area contributed by atoms with Crippen molar-refractivity contribution in [2.24, 2.45) is 0 Å². The van der Waals surface area contributed by atoms with E-state index in [1.807, 2.05) is 0 Å². The Bertz CT molecular complexity index is 872. The van der Waals surface area contributed by atoms with Crippen molar-refractivity contribution in [2.75, 3.05) is 24.2 Å².